The molecule has 1 aliphatic heterocycles. The van der Waals surface area contributed by atoms with Gasteiger partial charge in [-0.2, -0.15) is 0 Å². The Morgan fingerprint density at radius 1 is 1.30 bits per heavy atom. The smallest absolute Gasteiger partial charge is 0.106 e. The Hall–Kier alpha value is -0.720. The monoisotopic (exact) mass is 309 g/mol. The van der Waals surface area contributed by atoms with Crippen molar-refractivity contribution >= 4 is 22.7 Å². The molecule has 1 N–H and O–H groups in total. The molecule has 108 valence electrons. The molecule has 0 bridgehead atoms. The largest absolute Gasteiger partial charge is 0.378 e. The molecule has 3 heterocycles. The summed E-state index contributed by atoms with van der Waals surface area (Å²) in [5, 5.41) is 7.93. The highest BCUT2D eigenvalue weighted by molar-refractivity contribution is 7.11. The second kappa shape index (κ2) is 6.37. The molecule has 3 nitrogen and oxygen atoms in total. The van der Waals surface area contributed by atoms with Gasteiger partial charge in [0.1, 0.15) is 5.60 Å². The van der Waals surface area contributed by atoms with E-state index in [9.17, 15) is 0 Å². The van der Waals surface area contributed by atoms with E-state index in [0.717, 1.165) is 19.6 Å². The maximum absolute atomic E-state index is 5.70. The third kappa shape index (κ3) is 2.97. The zero-order valence-corrected chi connectivity index (χ0v) is 13.1. The second-order valence-corrected chi connectivity index (χ2v) is 6.99. The van der Waals surface area contributed by atoms with Crippen molar-refractivity contribution in [1.82, 2.24) is 5.32 Å². The molecular weight excluding hydrogens is 290 g/mol. The summed E-state index contributed by atoms with van der Waals surface area (Å²) in [6, 6.07) is 8.84. The van der Waals surface area contributed by atoms with Crippen LogP contribution in [0.2, 0.25) is 0 Å². The molecule has 3 rings (SSSR count). The number of ether oxygens (including phenoxy) is 2. The summed E-state index contributed by atoms with van der Waals surface area (Å²) in [7, 11) is 1.78. The first-order valence-electron chi connectivity index (χ1n) is 6.76. The van der Waals surface area contributed by atoms with Crippen LogP contribution in [0.25, 0.3) is 0 Å². The van der Waals surface area contributed by atoms with E-state index < -0.39 is 0 Å². The molecule has 1 atom stereocenters. The third-order valence-corrected chi connectivity index (χ3v) is 5.66. The highest BCUT2D eigenvalue weighted by Crippen LogP contribution is 2.30. The predicted molar refractivity (Wildman–Crippen MR) is 83.7 cm³/mol. The molecule has 2 aromatic rings. The van der Waals surface area contributed by atoms with E-state index in [0.29, 0.717) is 6.61 Å². The van der Waals surface area contributed by atoms with Crippen LogP contribution in [0.3, 0.4) is 0 Å². The van der Waals surface area contributed by atoms with Crippen LogP contribution < -0.4 is 5.32 Å². The Bertz CT molecular complexity index is 470. The van der Waals surface area contributed by atoms with Gasteiger partial charge < -0.3 is 14.8 Å². The Kier molecular flexibility index (Phi) is 4.53. The number of hydrogen-bond acceptors (Lipinski definition) is 5. The molecule has 0 radical (unpaired) electrons. The van der Waals surface area contributed by atoms with Gasteiger partial charge in [-0.15, -0.1) is 22.7 Å². The standard InChI is InChI=1S/C15H19NO2S2/c1-17-15(6-7-18-11-15)10-16-14(12-4-2-8-19-12)13-5-3-9-20-13/h2-5,8-9,14,16H,6-7,10-11H2,1H3. The lowest BCUT2D eigenvalue weighted by Crippen LogP contribution is -2.44. The van der Waals surface area contributed by atoms with Gasteiger partial charge in [0, 0.05) is 36.4 Å². The SMILES string of the molecule is COC1(CNC(c2cccs2)c2cccs2)CCOC1. The Balaban J connectivity index is 1.74. The van der Waals surface area contributed by atoms with Gasteiger partial charge in [-0.1, -0.05) is 12.1 Å². The normalized spacial score (nSPS) is 22.7. The van der Waals surface area contributed by atoms with Gasteiger partial charge in [0.25, 0.3) is 0 Å². The molecule has 0 aliphatic carbocycles. The molecule has 2 aromatic heterocycles. The zero-order chi connectivity index (χ0) is 13.8. The molecule has 5 heteroatoms. The van der Waals surface area contributed by atoms with Crippen LogP contribution >= 0.6 is 22.7 Å². The lowest BCUT2D eigenvalue weighted by Gasteiger charge is -2.28. The van der Waals surface area contributed by atoms with E-state index in [1.165, 1.54) is 9.75 Å². The van der Waals surface area contributed by atoms with Gasteiger partial charge in [0.2, 0.25) is 0 Å². The summed E-state index contributed by atoms with van der Waals surface area (Å²) < 4.78 is 11.2. The van der Waals surface area contributed by atoms with Crippen molar-refractivity contribution < 1.29 is 9.47 Å². The predicted octanol–water partition coefficient (Wildman–Crippen LogP) is 3.29. The first-order chi connectivity index (χ1) is 9.83. The van der Waals surface area contributed by atoms with Gasteiger partial charge in [0.15, 0.2) is 0 Å². The van der Waals surface area contributed by atoms with Crippen molar-refractivity contribution in [2.45, 2.75) is 18.1 Å². The topological polar surface area (TPSA) is 30.5 Å². The molecule has 1 fully saturated rings. The molecule has 1 saturated heterocycles. The lowest BCUT2D eigenvalue weighted by molar-refractivity contribution is -0.0167. The molecule has 0 saturated carbocycles. The lowest BCUT2D eigenvalue weighted by atomic mass is 10.0. The Labute approximate surface area is 127 Å². The van der Waals surface area contributed by atoms with Gasteiger partial charge in [0.05, 0.1) is 12.6 Å². The van der Waals surface area contributed by atoms with E-state index in [1.54, 1.807) is 29.8 Å². The molecule has 1 unspecified atom stereocenters. The van der Waals surface area contributed by atoms with Crippen molar-refractivity contribution in [1.29, 1.82) is 0 Å². The minimum atomic E-state index is -0.174. The van der Waals surface area contributed by atoms with Crippen LogP contribution in [-0.4, -0.2) is 32.5 Å². The van der Waals surface area contributed by atoms with E-state index in [1.807, 2.05) is 0 Å². The molecule has 0 aromatic carbocycles. The average Bonchev–Trinajstić information content (AvgIpc) is 3.23. The molecule has 0 amide bonds. The van der Waals surface area contributed by atoms with Gasteiger partial charge in [-0.25, -0.2) is 0 Å². The van der Waals surface area contributed by atoms with Crippen molar-refractivity contribution in [2.24, 2.45) is 0 Å². The summed E-state index contributed by atoms with van der Waals surface area (Å²) in [5.41, 5.74) is -0.174. The van der Waals surface area contributed by atoms with E-state index in [4.69, 9.17) is 9.47 Å². The van der Waals surface area contributed by atoms with Crippen LogP contribution in [0.5, 0.6) is 0 Å². The van der Waals surface area contributed by atoms with E-state index in [-0.39, 0.29) is 11.6 Å². The van der Waals surface area contributed by atoms with Gasteiger partial charge >= 0.3 is 0 Å². The molecular formula is C15H19NO2S2. The van der Waals surface area contributed by atoms with Gasteiger partial charge in [-0.3, -0.25) is 0 Å². The minimum Gasteiger partial charge on any atom is -0.378 e. The average molecular weight is 309 g/mol. The Morgan fingerprint density at radius 3 is 2.45 bits per heavy atom. The Morgan fingerprint density at radius 2 is 2.00 bits per heavy atom. The fraction of sp³-hybridized carbons (Fsp3) is 0.467. The zero-order valence-electron chi connectivity index (χ0n) is 11.5. The summed E-state index contributed by atoms with van der Waals surface area (Å²) in [6.07, 6.45) is 0.956. The fourth-order valence-electron chi connectivity index (χ4n) is 2.50. The van der Waals surface area contributed by atoms with Crippen LogP contribution in [0.4, 0.5) is 0 Å². The van der Waals surface area contributed by atoms with E-state index >= 15 is 0 Å². The summed E-state index contributed by atoms with van der Waals surface area (Å²) in [4.78, 5) is 2.69. The first kappa shape index (κ1) is 14.2. The summed E-state index contributed by atoms with van der Waals surface area (Å²) in [6.45, 7) is 2.28. The number of thiophene rings is 2. The number of hydrogen-bond donors (Lipinski definition) is 1. The minimum absolute atomic E-state index is 0.174. The first-order valence-corrected chi connectivity index (χ1v) is 8.52. The van der Waals surface area contributed by atoms with Crippen molar-refractivity contribution in [3.05, 3.63) is 44.8 Å². The molecule has 20 heavy (non-hydrogen) atoms. The van der Waals surface area contributed by atoms with Crippen LogP contribution in [0.15, 0.2) is 35.0 Å². The van der Waals surface area contributed by atoms with Crippen LogP contribution in [-0.2, 0) is 9.47 Å². The third-order valence-electron chi connectivity index (χ3n) is 3.78. The quantitative estimate of drug-likeness (QED) is 0.888. The van der Waals surface area contributed by atoms with Gasteiger partial charge in [-0.05, 0) is 22.9 Å². The van der Waals surface area contributed by atoms with Crippen LogP contribution in [0.1, 0.15) is 22.2 Å². The van der Waals surface area contributed by atoms with E-state index in [2.05, 4.69) is 40.3 Å². The summed E-state index contributed by atoms with van der Waals surface area (Å²) in [5.74, 6) is 0. The van der Waals surface area contributed by atoms with Crippen molar-refractivity contribution in [2.75, 3.05) is 26.9 Å². The van der Waals surface area contributed by atoms with Crippen molar-refractivity contribution in [3.8, 4) is 0 Å². The maximum atomic E-state index is 5.70. The summed E-state index contributed by atoms with van der Waals surface area (Å²) >= 11 is 3.58. The molecule has 0 spiro atoms. The fourth-order valence-corrected chi connectivity index (χ4v) is 4.21. The highest BCUT2D eigenvalue weighted by Gasteiger charge is 2.35. The van der Waals surface area contributed by atoms with Crippen LogP contribution in [0, 0.1) is 0 Å². The van der Waals surface area contributed by atoms with Crippen molar-refractivity contribution in [3.63, 3.8) is 0 Å². The highest BCUT2D eigenvalue weighted by atomic mass is 32.1. The second-order valence-electron chi connectivity index (χ2n) is 5.03. The molecule has 1 aliphatic rings. The number of rotatable bonds is 6. The number of methoxy groups -OCH3 is 1. The maximum Gasteiger partial charge on any atom is 0.106 e. The number of nitrogens with one attached hydrogen (secondary N) is 1.